The molecule has 3 heteroatoms. The van der Waals surface area contributed by atoms with Crippen molar-refractivity contribution in [3.63, 3.8) is 0 Å². The zero-order chi connectivity index (χ0) is 4.28. The van der Waals surface area contributed by atoms with Gasteiger partial charge in [-0.3, -0.25) is 0 Å². The minimum atomic E-state index is -0.317. The third kappa shape index (κ3) is 4.20. The molecule has 0 atom stereocenters. The first kappa shape index (κ1) is 5.20. The SMILES string of the molecule is O/C(I)=C/F. The lowest BCUT2D eigenvalue weighted by molar-refractivity contribution is 0.449. The van der Waals surface area contributed by atoms with Crippen LogP contribution in [0.4, 0.5) is 4.39 Å². The molecule has 0 aromatic heterocycles. The van der Waals surface area contributed by atoms with E-state index in [1.165, 1.54) is 22.6 Å². The fourth-order valence-corrected chi connectivity index (χ4v) is 0. The van der Waals surface area contributed by atoms with E-state index >= 15 is 0 Å². The van der Waals surface area contributed by atoms with Crippen LogP contribution >= 0.6 is 22.6 Å². The van der Waals surface area contributed by atoms with Crippen LogP contribution in [0.5, 0.6) is 0 Å². The van der Waals surface area contributed by atoms with Crippen molar-refractivity contribution < 1.29 is 9.50 Å². The van der Waals surface area contributed by atoms with Gasteiger partial charge in [-0.1, -0.05) is 0 Å². The quantitative estimate of drug-likeness (QED) is 0.453. The van der Waals surface area contributed by atoms with Gasteiger partial charge in [0.2, 0.25) is 0 Å². The molecule has 0 spiro atoms. The fraction of sp³-hybridized carbons (Fsp3) is 0. The summed E-state index contributed by atoms with van der Waals surface area (Å²) >= 11 is 1.45. The van der Waals surface area contributed by atoms with Crippen LogP contribution in [0.1, 0.15) is 0 Å². The van der Waals surface area contributed by atoms with Gasteiger partial charge >= 0.3 is 0 Å². The highest BCUT2D eigenvalue weighted by Crippen LogP contribution is 1.96. The lowest BCUT2D eigenvalue weighted by Gasteiger charge is -1.69. The fourth-order valence-electron chi connectivity index (χ4n) is 0. The molecule has 0 aliphatic rings. The molecule has 0 fully saturated rings. The van der Waals surface area contributed by atoms with Gasteiger partial charge in [-0.15, -0.1) is 0 Å². The summed E-state index contributed by atoms with van der Waals surface area (Å²) in [5, 5.41) is 7.83. The second-order valence-corrected chi connectivity index (χ2v) is 1.54. The first-order valence-electron chi connectivity index (χ1n) is 0.919. The molecule has 1 N–H and O–H groups in total. The van der Waals surface area contributed by atoms with Crippen LogP contribution in [-0.4, -0.2) is 5.11 Å². The normalized spacial score (nSPS) is 12.0. The molecule has 0 aromatic carbocycles. The van der Waals surface area contributed by atoms with Crippen molar-refractivity contribution in [1.29, 1.82) is 0 Å². The average molecular weight is 188 g/mol. The minimum Gasteiger partial charge on any atom is -0.501 e. The van der Waals surface area contributed by atoms with Gasteiger partial charge in [0.1, 0.15) is 6.33 Å². The Balaban J connectivity index is 3.14. The number of aliphatic hydroxyl groups excluding tert-OH is 1. The standard InChI is InChI=1S/C2H2FIO/c3-1-2(4)5/h1,5H/b2-1+. The number of hydrogen-bond donors (Lipinski definition) is 1. The van der Waals surface area contributed by atoms with Gasteiger partial charge in [0.25, 0.3) is 0 Å². The lowest BCUT2D eigenvalue weighted by atomic mass is 11.1. The number of hydrogen-bond acceptors (Lipinski definition) is 1. The van der Waals surface area contributed by atoms with Crippen LogP contribution in [0, 0.1) is 0 Å². The van der Waals surface area contributed by atoms with Crippen molar-refractivity contribution in [2.24, 2.45) is 0 Å². The molecule has 0 heterocycles. The summed E-state index contributed by atoms with van der Waals surface area (Å²) in [6.45, 7) is 0. The van der Waals surface area contributed by atoms with Crippen molar-refractivity contribution in [2.75, 3.05) is 0 Å². The first-order chi connectivity index (χ1) is 2.27. The van der Waals surface area contributed by atoms with E-state index in [1.54, 1.807) is 0 Å². The summed E-state index contributed by atoms with van der Waals surface area (Å²) in [5.74, 6) is 0. The van der Waals surface area contributed by atoms with Crippen LogP contribution in [0.15, 0.2) is 10.1 Å². The van der Waals surface area contributed by atoms with Crippen molar-refractivity contribution in [1.82, 2.24) is 0 Å². The molecule has 0 saturated heterocycles. The predicted molar refractivity (Wildman–Crippen MR) is 25.8 cm³/mol. The predicted octanol–water partition coefficient (Wildman–Crippen LogP) is 1.75. The summed E-state index contributed by atoms with van der Waals surface area (Å²) in [5.41, 5.74) is 0. The Morgan fingerprint density at radius 1 is 2.00 bits per heavy atom. The number of aliphatic hydroxyl groups is 1. The highest BCUT2D eigenvalue weighted by Gasteiger charge is 1.70. The van der Waals surface area contributed by atoms with Crippen LogP contribution in [0.2, 0.25) is 0 Å². The van der Waals surface area contributed by atoms with Crippen molar-refractivity contribution in [3.8, 4) is 0 Å². The van der Waals surface area contributed by atoms with Crippen LogP contribution < -0.4 is 0 Å². The highest BCUT2D eigenvalue weighted by molar-refractivity contribution is 14.1. The van der Waals surface area contributed by atoms with E-state index in [1.807, 2.05) is 0 Å². The zero-order valence-electron chi connectivity index (χ0n) is 2.28. The molecule has 1 nitrogen and oxygen atoms in total. The molecular formula is C2H2FIO. The molecule has 0 radical (unpaired) electrons. The average Bonchev–Trinajstić information content (AvgIpc) is 1.38. The Morgan fingerprint density at radius 3 is 2.20 bits per heavy atom. The number of halogens is 2. The Bertz CT molecular complexity index is 47.6. The Morgan fingerprint density at radius 2 is 2.20 bits per heavy atom. The smallest absolute Gasteiger partial charge is 0.182 e. The van der Waals surface area contributed by atoms with E-state index in [-0.39, 0.29) is 10.1 Å². The second-order valence-electron chi connectivity index (χ2n) is 0.432. The zero-order valence-corrected chi connectivity index (χ0v) is 4.44. The summed E-state index contributed by atoms with van der Waals surface area (Å²) in [4.78, 5) is 0. The maximum atomic E-state index is 10.7. The summed E-state index contributed by atoms with van der Waals surface area (Å²) in [6.07, 6.45) is 0.126. The summed E-state index contributed by atoms with van der Waals surface area (Å²) < 4.78 is 10.4. The highest BCUT2D eigenvalue weighted by atomic mass is 127. The topological polar surface area (TPSA) is 20.2 Å². The molecule has 30 valence electrons. The van der Waals surface area contributed by atoms with Gasteiger partial charge in [0, 0.05) is 22.6 Å². The maximum absolute atomic E-state index is 10.7. The Hall–Kier alpha value is 0.200. The van der Waals surface area contributed by atoms with Crippen molar-refractivity contribution in [3.05, 3.63) is 10.1 Å². The van der Waals surface area contributed by atoms with E-state index in [2.05, 4.69) is 0 Å². The van der Waals surface area contributed by atoms with E-state index in [9.17, 15) is 4.39 Å². The Kier molecular flexibility index (Phi) is 2.54. The van der Waals surface area contributed by atoms with E-state index in [0.29, 0.717) is 0 Å². The molecule has 0 amide bonds. The molecular weight excluding hydrogens is 186 g/mol. The number of rotatable bonds is 0. The molecule has 5 heavy (non-hydrogen) atoms. The molecule has 0 unspecified atom stereocenters. The molecule has 0 rings (SSSR count). The molecule has 0 aliphatic carbocycles. The molecule has 0 aliphatic heterocycles. The van der Waals surface area contributed by atoms with Gasteiger partial charge in [0.15, 0.2) is 3.77 Å². The molecule has 0 aromatic rings. The van der Waals surface area contributed by atoms with Gasteiger partial charge in [-0.2, -0.15) is 0 Å². The molecule has 0 bridgehead atoms. The van der Waals surface area contributed by atoms with E-state index in [4.69, 9.17) is 5.11 Å². The van der Waals surface area contributed by atoms with E-state index in [0.717, 1.165) is 0 Å². The van der Waals surface area contributed by atoms with Crippen LogP contribution in [0.3, 0.4) is 0 Å². The Labute approximate surface area is 42.6 Å². The van der Waals surface area contributed by atoms with Crippen molar-refractivity contribution >= 4 is 22.6 Å². The summed E-state index contributed by atoms with van der Waals surface area (Å²) in [6, 6.07) is 0. The van der Waals surface area contributed by atoms with E-state index < -0.39 is 0 Å². The summed E-state index contributed by atoms with van der Waals surface area (Å²) in [7, 11) is 0. The van der Waals surface area contributed by atoms with Crippen LogP contribution in [-0.2, 0) is 0 Å². The van der Waals surface area contributed by atoms with Gasteiger partial charge in [-0.25, -0.2) is 4.39 Å². The maximum Gasteiger partial charge on any atom is 0.182 e. The second kappa shape index (κ2) is 2.44. The van der Waals surface area contributed by atoms with Gasteiger partial charge in [0.05, 0.1) is 0 Å². The van der Waals surface area contributed by atoms with Gasteiger partial charge in [-0.05, 0) is 0 Å². The third-order valence-electron chi connectivity index (χ3n) is 0.0900. The third-order valence-corrected chi connectivity index (χ3v) is 0.325. The van der Waals surface area contributed by atoms with Crippen molar-refractivity contribution in [2.45, 2.75) is 0 Å². The van der Waals surface area contributed by atoms with Crippen LogP contribution in [0.25, 0.3) is 0 Å². The first-order valence-corrected chi connectivity index (χ1v) is 2.00. The minimum absolute atomic E-state index is 0.126. The largest absolute Gasteiger partial charge is 0.501 e. The molecule has 0 saturated carbocycles. The van der Waals surface area contributed by atoms with Gasteiger partial charge < -0.3 is 5.11 Å². The monoisotopic (exact) mass is 188 g/mol. The lowest BCUT2D eigenvalue weighted by Crippen LogP contribution is -1.51.